The molecule has 4 nitrogen and oxygen atoms in total. The highest BCUT2D eigenvalue weighted by Gasteiger charge is 2.47. The van der Waals surface area contributed by atoms with Crippen LogP contribution in [0.3, 0.4) is 0 Å². The third kappa shape index (κ3) is 3.07. The van der Waals surface area contributed by atoms with Crippen molar-refractivity contribution in [1.82, 2.24) is 10.2 Å². The van der Waals surface area contributed by atoms with E-state index in [9.17, 15) is 13.6 Å². The second-order valence-electron chi connectivity index (χ2n) is 8.03. The van der Waals surface area contributed by atoms with Crippen LogP contribution >= 0.6 is 0 Å². The zero-order valence-electron chi connectivity index (χ0n) is 16.6. The quantitative estimate of drug-likeness (QED) is 0.609. The second-order valence-corrected chi connectivity index (χ2v) is 8.03. The molecule has 0 N–H and O–H groups in total. The molecule has 29 heavy (non-hydrogen) atoms. The summed E-state index contributed by atoms with van der Waals surface area (Å²) in [5, 5.41) is 8.66. The Bertz CT molecular complexity index is 1110. The summed E-state index contributed by atoms with van der Waals surface area (Å²) >= 11 is 0. The van der Waals surface area contributed by atoms with Crippen LogP contribution in [0.4, 0.5) is 8.78 Å². The zero-order chi connectivity index (χ0) is 20.8. The van der Waals surface area contributed by atoms with Gasteiger partial charge in [-0.15, -0.1) is 5.10 Å². The molecule has 1 aliphatic rings. The Hall–Kier alpha value is -2.89. The van der Waals surface area contributed by atoms with Crippen LogP contribution in [-0.2, 0) is 5.41 Å². The molecule has 150 valence electrons. The van der Waals surface area contributed by atoms with Crippen molar-refractivity contribution in [1.29, 1.82) is 0 Å². The van der Waals surface area contributed by atoms with Gasteiger partial charge in [-0.05, 0) is 48.4 Å². The van der Waals surface area contributed by atoms with Gasteiger partial charge in [0.05, 0.1) is 28.6 Å². The first kappa shape index (κ1) is 19.4. The number of rotatable bonds is 3. The van der Waals surface area contributed by atoms with Crippen LogP contribution < -0.4 is 5.43 Å². The predicted octanol–water partition coefficient (Wildman–Crippen LogP) is 5.21. The molecule has 0 amide bonds. The third-order valence-corrected chi connectivity index (χ3v) is 6.09. The Morgan fingerprint density at radius 3 is 2.52 bits per heavy atom. The SMILES string of the molecule is CC(C)[C@]1(c2cc(=O)cco2)CC[C@H](C)c2cc(-c3c(F)cccc3F)nnc21. The molecule has 2 aromatic heterocycles. The summed E-state index contributed by atoms with van der Waals surface area (Å²) in [6.07, 6.45) is 2.97. The Kier molecular flexibility index (Phi) is 4.81. The molecule has 0 spiro atoms. The van der Waals surface area contributed by atoms with E-state index in [1.165, 1.54) is 36.6 Å². The van der Waals surface area contributed by atoms with Crippen molar-refractivity contribution in [2.24, 2.45) is 5.92 Å². The van der Waals surface area contributed by atoms with Crippen molar-refractivity contribution in [2.75, 3.05) is 0 Å². The van der Waals surface area contributed by atoms with Crippen LogP contribution in [-0.4, -0.2) is 10.2 Å². The molecule has 4 rings (SSSR count). The van der Waals surface area contributed by atoms with Crippen molar-refractivity contribution in [3.8, 4) is 11.3 Å². The summed E-state index contributed by atoms with van der Waals surface area (Å²) in [6.45, 7) is 6.17. The van der Waals surface area contributed by atoms with Gasteiger partial charge in [0.1, 0.15) is 17.4 Å². The first-order valence-electron chi connectivity index (χ1n) is 9.76. The van der Waals surface area contributed by atoms with E-state index in [1.807, 2.05) is 0 Å². The van der Waals surface area contributed by atoms with Gasteiger partial charge in [0.2, 0.25) is 0 Å². The fourth-order valence-electron chi connectivity index (χ4n) is 4.42. The number of hydrogen-bond acceptors (Lipinski definition) is 4. The highest BCUT2D eigenvalue weighted by molar-refractivity contribution is 5.62. The maximum absolute atomic E-state index is 14.3. The van der Waals surface area contributed by atoms with Gasteiger partial charge in [0.15, 0.2) is 5.43 Å². The average Bonchev–Trinajstić information content (AvgIpc) is 2.68. The molecule has 2 atom stereocenters. The number of benzene rings is 1. The van der Waals surface area contributed by atoms with Gasteiger partial charge >= 0.3 is 0 Å². The summed E-state index contributed by atoms with van der Waals surface area (Å²) in [5.74, 6) is -0.591. The fourth-order valence-corrected chi connectivity index (χ4v) is 4.42. The van der Waals surface area contributed by atoms with Gasteiger partial charge in [0, 0.05) is 12.1 Å². The van der Waals surface area contributed by atoms with Gasteiger partial charge in [-0.3, -0.25) is 4.79 Å². The molecule has 0 fully saturated rings. The van der Waals surface area contributed by atoms with E-state index >= 15 is 0 Å². The van der Waals surface area contributed by atoms with Gasteiger partial charge in [-0.2, -0.15) is 5.10 Å². The van der Waals surface area contributed by atoms with E-state index in [1.54, 1.807) is 6.07 Å². The van der Waals surface area contributed by atoms with Crippen molar-refractivity contribution in [3.63, 3.8) is 0 Å². The third-order valence-electron chi connectivity index (χ3n) is 6.09. The lowest BCUT2D eigenvalue weighted by molar-refractivity contribution is 0.241. The first-order chi connectivity index (χ1) is 13.8. The van der Waals surface area contributed by atoms with Gasteiger partial charge in [-0.25, -0.2) is 8.78 Å². The monoisotopic (exact) mass is 396 g/mol. The van der Waals surface area contributed by atoms with Crippen molar-refractivity contribution < 1.29 is 13.2 Å². The smallest absolute Gasteiger partial charge is 0.185 e. The normalized spacial score (nSPS) is 21.2. The van der Waals surface area contributed by atoms with Gasteiger partial charge in [-0.1, -0.05) is 26.8 Å². The lowest BCUT2D eigenvalue weighted by Gasteiger charge is -2.41. The summed E-state index contributed by atoms with van der Waals surface area (Å²) in [6, 6.07) is 8.35. The van der Waals surface area contributed by atoms with Crippen LogP contribution in [0.2, 0.25) is 0 Å². The van der Waals surface area contributed by atoms with Crippen molar-refractivity contribution in [2.45, 2.75) is 44.9 Å². The van der Waals surface area contributed by atoms with Gasteiger partial charge < -0.3 is 4.42 Å². The molecule has 0 radical (unpaired) electrons. The molecule has 3 aromatic rings. The molecule has 0 saturated carbocycles. The van der Waals surface area contributed by atoms with E-state index in [2.05, 4.69) is 31.0 Å². The second kappa shape index (κ2) is 7.17. The number of hydrogen-bond donors (Lipinski definition) is 0. The molecule has 6 heteroatoms. The molecule has 0 aliphatic heterocycles. The van der Waals surface area contributed by atoms with Gasteiger partial charge in [0.25, 0.3) is 0 Å². The van der Waals surface area contributed by atoms with E-state index < -0.39 is 17.0 Å². The number of aromatic nitrogens is 2. The predicted molar refractivity (Wildman–Crippen MR) is 106 cm³/mol. The summed E-state index contributed by atoms with van der Waals surface area (Å²) in [7, 11) is 0. The highest BCUT2D eigenvalue weighted by Crippen LogP contribution is 2.50. The van der Waals surface area contributed by atoms with E-state index in [-0.39, 0.29) is 28.5 Å². The molecule has 0 bridgehead atoms. The lowest BCUT2D eigenvalue weighted by Crippen LogP contribution is -2.40. The summed E-state index contributed by atoms with van der Waals surface area (Å²) < 4.78 is 34.4. The largest absolute Gasteiger partial charge is 0.468 e. The van der Waals surface area contributed by atoms with E-state index in [0.717, 1.165) is 18.4 Å². The number of nitrogens with zero attached hydrogens (tertiary/aromatic N) is 2. The van der Waals surface area contributed by atoms with Crippen LogP contribution in [0.15, 0.2) is 51.9 Å². The Labute approximate surface area is 167 Å². The van der Waals surface area contributed by atoms with Crippen molar-refractivity contribution in [3.05, 3.63) is 81.5 Å². The molecule has 1 aromatic carbocycles. The van der Waals surface area contributed by atoms with E-state index in [4.69, 9.17) is 4.42 Å². The minimum atomic E-state index is -0.674. The first-order valence-corrected chi connectivity index (χ1v) is 9.76. The molecule has 2 heterocycles. The fraction of sp³-hybridized carbons (Fsp3) is 0.348. The molecule has 0 unspecified atom stereocenters. The van der Waals surface area contributed by atoms with Crippen LogP contribution in [0.25, 0.3) is 11.3 Å². The lowest BCUT2D eigenvalue weighted by atomic mass is 9.62. The van der Waals surface area contributed by atoms with E-state index in [0.29, 0.717) is 11.5 Å². The molecular weight excluding hydrogens is 374 g/mol. The topological polar surface area (TPSA) is 56.0 Å². The molecule has 0 saturated heterocycles. The maximum Gasteiger partial charge on any atom is 0.185 e. The van der Waals surface area contributed by atoms with Crippen molar-refractivity contribution >= 4 is 0 Å². The standard InChI is InChI=1S/C23H22F2N2O2/c1-13(2)23(20-11-15(28)8-10-29-20)9-7-14(3)16-12-19(26-27-22(16)23)21-17(24)5-4-6-18(21)25/h4-6,8,10-14H,7,9H2,1-3H3/t14-,23-/m0/s1. The maximum atomic E-state index is 14.3. The minimum Gasteiger partial charge on any atom is -0.468 e. The summed E-state index contributed by atoms with van der Waals surface area (Å²) in [4.78, 5) is 12.0. The van der Waals surface area contributed by atoms with Crippen LogP contribution in [0, 0.1) is 17.6 Å². The Morgan fingerprint density at radius 2 is 1.86 bits per heavy atom. The number of halogens is 2. The highest BCUT2D eigenvalue weighted by atomic mass is 19.1. The van der Waals surface area contributed by atoms with Crippen LogP contribution in [0.5, 0.6) is 0 Å². The number of fused-ring (bicyclic) bond motifs is 1. The van der Waals surface area contributed by atoms with Crippen LogP contribution in [0.1, 0.15) is 56.5 Å². The molecular formula is C23H22F2N2O2. The Balaban J connectivity index is 1.96. The average molecular weight is 396 g/mol. The minimum absolute atomic E-state index is 0.0737. The zero-order valence-corrected chi connectivity index (χ0v) is 16.6. The summed E-state index contributed by atoms with van der Waals surface area (Å²) in [5.41, 5.74) is 0.818. The Morgan fingerprint density at radius 1 is 1.14 bits per heavy atom. The molecule has 1 aliphatic carbocycles.